The third-order valence-corrected chi connectivity index (χ3v) is 8.97. The van der Waals surface area contributed by atoms with Gasteiger partial charge in [-0.2, -0.15) is 4.31 Å². The summed E-state index contributed by atoms with van der Waals surface area (Å²) < 4.78 is 37.4. The number of amides is 1. The maximum absolute atomic E-state index is 12.7. The van der Waals surface area contributed by atoms with Crippen LogP contribution in [-0.2, 0) is 37.1 Å². The van der Waals surface area contributed by atoms with E-state index >= 15 is 0 Å². The van der Waals surface area contributed by atoms with Gasteiger partial charge >= 0.3 is 5.97 Å². The Morgan fingerprint density at radius 2 is 1.91 bits per heavy atom. The van der Waals surface area contributed by atoms with Gasteiger partial charge in [0.1, 0.15) is 0 Å². The molecule has 1 fully saturated rings. The predicted octanol–water partition coefficient (Wildman–Crippen LogP) is 3.08. The highest BCUT2D eigenvalue weighted by molar-refractivity contribution is 7.89. The Morgan fingerprint density at radius 1 is 1.21 bits per heavy atom. The second-order valence-corrected chi connectivity index (χ2v) is 11.4. The van der Waals surface area contributed by atoms with Crippen molar-refractivity contribution in [1.29, 1.82) is 0 Å². The molecule has 0 spiro atoms. The molecule has 1 aliphatic heterocycles. The van der Waals surface area contributed by atoms with Crippen LogP contribution in [0.5, 0.6) is 0 Å². The van der Waals surface area contributed by atoms with E-state index < -0.39 is 28.0 Å². The minimum atomic E-state index is -3.60. The van der Waals surface area contributed by atoms with E-state index in [0.717, 1.165) is 24.8 Å². The van der Waals surface area contributed by atoms with Gasteiger partial charge < -0.3 is 14.8 Å². The van der Waals surface area contributed by atoms with Crippen molar-refractivity contribution in [2.45, 2.75) is 44.1 Å². The predicted molar refractivity (Wildman–Crippen MR) is 125 cm³/mol. The van der Waals surface area contributed by atoms with E-state index in [1.54, 1.807) is 11.3 Å². The molecule has 0 bridgehead atoms. The molecule has 1 amide bonds. The number of anilines is 1. The van der Waals surface area contributed by atoms with Crippen LogP contribution in [0.1, 0.15) is 41.1 Å². The van der Waals surface area contributed by atoms with Crippen molar-refractivity contribution < 1.29 is 27.5 Å². The van der Waals surface area contributed by atoms with Crippen LogP contribution in [0.4, 0.5) is 5.69 Å². The highest BCUT2D eigenvalue weighted by Crippen LogP contribution is 2.33. The lowest BCUT2D eigenvalue weighted by atomic mass is 9.88. The minimum absolute atomic E-state index is 0.151. The molecule has 1 saturated heterocycles. The monoisotopic (exact) mass is 492 g/mol. The van der Waals surface area contributed by atoms with Gasteiger partial charge in [0.15, 0.2) is 6.10 Å². The molecule has 2 aromatic rings. The first-order chi connectivity index (χ1) is 15.8. The lowest BCUT2D eigenvalue weighted by Crippen LogP contribution is -2.40. The quantitative estimate of drug-likeness (QED) is 0.622. The van der Waals surface area contributed by atoms with E-state index in [2.05, 4.69) is 12.2 Å². The zero-order valence-electron chi connectivity index (χ0n) is 18.7. The van der Waals surface area contributed by atoms with Crippen LogP contribution in [0.2, 0.25) is 0 Å². The van der Waals surface area contributed by atoms with E-state index in [1.165, 1.54) is 40.4 Å². The number of hydrogen-bond donors (Lipinski definition) is 1. The average molecular weight is 493 g/mol. The summed E-state index contributed by atoms with van der Waals surface area (Å²) in [5.74, 6) is -0.360. The first-order valence-corrected chi connectivity index (χ1v) is 13.4. The molecule has 2 unspecified atom stereocenters. The molecule has 0 saturated carbocycles. The summed E-state index contributed by atoms with van der Waals surface area (Å²) in [7, 11) is -3.60. The van der Waals surface area contributed by atoms with Crippen molar-refractivity contribution in [1.82, 2.24) is 4.31 Å². The Morgan fingerprint density at radius 3 is 2.61 bits per heavy atom. The first kappa shape index (κ1) is 23.9. The number of thiophene rings is 1. The number of fused-ring (bicyclic) bond motifs is 1. The molecule has 2 heterocycles. The first-order valence-electron chi connectivity index (χ1n) is 11.0. The molecule has 33 heavy (non-hydrogen) atoms. The summed E-state index contributed by atoms with van der Waals surface area (Å²) >= 11 is 1.57. The molecule has 1 aromatic heterocycles. The third-order valence-electron chi connectivity index (χ3n) is 6.00. The highest BCUT2D eigenvalue weighted by Gasteiger charge is 2.28. The maximum Gasteiger partial charge on any atom is 0.340 e. The normalized spacial score (nSPS) is 20.0. The minimum Gasteiger partial charge on any atom is -0.449 e. The van der Waals surface area contributed by atoms with Crippen molar-refractivity contribution >= 4 is 38.9 Å². The summed E-state index contributed by atoms with van der Waals surface area (Å²) in [5, 5.41) is 4.50. The summed E-state index contributed by atoms with van der Waals surface area (Å²) in [4.78, 5) is 26.6. The average Bonchev–Trinajstić information content (AvgIpc) is 3.23. The maximum atomic E-state index is 12.7. The van der Waals surface area contributed by atoms with Gasteiger partial charge in [-0.15, -0.1) is 11.3 Å². The molecule has 2 aliphatic rings. The third kappa shape index (κ3) is 5.29. The summed E-state index contributed by atoms with van der Waals surface area (Å²) in [6.45, 7) is 5.10. The van der Waals surface area contributed by atoms with Crippen molar-refractivity contribution in [3.8, 4) is 0 Å². The molecular formula is C23H28N2O6S2. The van der Waals surface area contributed by atoms with E-state index in [1.807, 2.05) is 5.38 Å². The molecule has 1 N–H and O–H groups in total. The largest absolute Gasteiger partial charge is 0.449 e. The van der Waals surface area contributed by atoms with E-state index in [9.17, 15) is 18.0 Å². The number of benzene rings is 1. The molecule has 2 atom stereocenters. The second kappa shape index (κ2) is 9.92. The molecule has 0 radical (unpaired) electrons. The number of esters is 1. The number of ether oxygens (including phenoxy) is 2. The molecular weight excluding hydrogens is 464 g/mol. The lowest BCUT2D eigenvalue weighted by Gasteiger charge is -2.26. The Kier molecular flexibility index (Phi) is 7.18. The van der Waals surface area contributed by atoms with Crippen LogP contribution < -0.4 is 5.32 Å². The van der Waals surface area contributed by atoms with Crippen molar-refractivity contribution in [2.24, 2.45) is 5.92 Å². The molecule has 178 valence electrons. The molecule has 1 aromatic carbocycles. The van der Waals surface area contributed by atoms with E-state index in [4.69, 9.17) is 9.47 Å². The van der Waals surface area contributed by atoms with Gasteiger partial charge in [0, 0.05) is 29.0 Å². The Bertz CT molecular complexity index is 1120. The van der Waals surface area contributed by atoms with Crippen LogP contribution in [0.15, 0.2) is 34.5 Å². The van der Waals surface area contributed by atoms with Gasteiger partial charge in [-0.3, -0.25) is 4.79 Å². The standard InChI is InChI=1S/C23H28N2O6S2/c1-15-3-8-19-20(14-32-21(19)13-15)23(27)31-16(2)22(26)24-17-4-6-18(7-5-17)33(28,29)25-9-11-30-12-10-25/h4-7,14-16H,3,8-13H2,1-2H3,(H,24,26). The fourth-order valence-electron chi connectivity index (χ4n) is 4.02. The van der Waals surface area contributed by atoms with Crippen LogP contribution in [0.25, 0.3) is 0 Å². The zero-order valence-corrected chi connectivity index (χ0v) is 20.3. The molecule has 8 nitrogen and oxygen atoms in total. The summed E-state index contributed by atoms with van der Waals surface area (Å²) in [6.07, 6.45) is 1.87. The Balaban J connectivity index is 1.36. The summed E-state index contributed by atoms with van der Waals surface area (Å²) in [6, 6.07) is 5.96. The van der Waals surface area contributed by atoms with Gasteiger partial charge in [-0.25, -0.2) is 13.2 Å². The topological polar surface area (TPSA) is 102 Å². The van der Waals surface area contributed by atoms with Crippen molar-refractivity contribution in [2.75, 3.05) is 31.6 Å². The number of carbonyl (C=O) groups is 2. The Hall–Kier alpha value is -2.27. The number of nitrogens with one attached hydrogen (secondary N) is 1. The number of sulfonamides is 1. The molecule has 10 heteroatoms. The smallest absolute Gasteiger partial charge is 0.340 e. The van der Waals surface area contributed by atoms with Crippen molar-refractivity contribution in [3.63, 3.8) is 0 Å². The molecule has 4 rings (SSSR count). The number of carbonyl (C=O) groups excluding carboxylic acids is 2. The lowest BCUT2D eigenvalue weighted by molar-refractivity contribution is -0.123. The van der Waals surface area contributed by atoms with Gasteiger partial charge in [0.05, 0.1) is 23.7 Å². The van der Waals surface area contributed by atoms with Gasteiger partial charge in [0.25, 0.3) is 5.91 Å². The van der Waals surface area contributed by atoms with Crippen LogP contribution >= 0.6 is 11.3 Å². The fraction of sp³-hybridized carbons (Fsp3) is 0.478. The van der Waals surface area contributed by atoms with Gasteiger partial charge in [-0.1, -0.05) is 6.92 Å². The van der Waals surface area contributed by atoms with Crippen LogP contribution in [0, 0.1) is 5.92 Å². The molecule has 1 aliphatic carbocycles. The summed E-state index contributed by atoms with van der Waals surface area (Å²) in [5.41, 5.74) is 2.03. The fourth-order valence-corrected chi connectivity index (χ4v) is 6.66. The van der Waals surface area contributed by atoms with Crippen LogP contribution in [-0.4, -0.2) is 57.0 Å². The van der Waals surface area contributed by atoms with Gasteiger partial charge in [-0.05, 0) is 61.9 Å². The second-order valence-electron chi connectivity index (χ2n) is 8.48. The number of morpholine rings is 1. The SMILES string of the molecule is CC1CCc2c(C(=O)OC(C)C(=O)Nc3ccc(S(=O)(=O)N4CCOCC4)cc3)csc2C1. The van der Waals surface area contributed by atoms with Crippen molar-refractivity contribution in [3.05, 3.63) is 45.6 Å². The number of rotatable bonds is 6. The Labute approximate surface area is 197 Å². The zero-order chi connectivity index (χ0) is 23.6. The highest BCUT2D eigenvalue weighted by atomic mass is 32.2. The number of nitrogens with zero attached hydrogens (tertiary/aromatic N) is 1. The van der Waals surface area contributed by atoms with E-state index in [-0.39, 0.29) is 4.90 Å². The number of hydrogen-bond acceptors (Lipinski definition) is 7. The van der Waals surface area contributed by atoms with Gasteiger partial charge in [0.2, 0.25) is 10.0 Å². The van der Waals surface area contributed by atoms with Crippen LogP contribution in [0.3, 0.4) is 0 Å². The van der Waals surface area contributed by atoms with E-state index in [0.29, 0.717) is 43.5 Å².